The van der Waals surface area contributed by atoms with Crippen LogP contribution in [0.3, 0.4) is 0 Å². The molecule has 1 saturated heterocycles. The summed E-state index contributed by atoms with van der Waals surface area (Å²) in [5.41, 5.74) is -1.59. The van der Waals surface area contributed by atoms with Crippen molar-refractivity contribution in [2.75, 3.05) is 6.61 Å². The predicted octanol–water partition coefficient (Wildman–Crippen LogP) is -1.31. The van der Waals surface area contributed by atoms with Gasteiger partial charge < -0.3 is 14.9 Å². The Labute approximate surface area is 104 Å². The molecule has 1 aliphatic rings. The second-order valence-electron chi connectivity index (χ2n) is 3.85. The third kappa shape index (κ3) is 1.97. The van der Waals surface area contributed by atoms with E-state index in [2.05, 4.69) is 0 Å². The third-order valence-corrected chi connectivity index (χ3v) is 3.07. The standard InChI is InChI=1S/C9H10ClFN2O5/c10-9(11)6(16)4(3-14)18-7(9)13-2-1-5(15)12-8(13)17/h1-2,4,6-7,14,16H,3H2,(H,12,15,17)/t4-,6?,7-,9-/m1/s1. The van der Waals surface area contributed by atoms with E-state index >= 15 is 0 Å². The second kappa shape index (κ2) is 4.47. The van der Waals surface area contributed by atoms with Gasteiger partial charge in [0.25, 0.3) is 10.7 Å². The van der Waals surface area contributed by atoms with Crippen molar-refractivity contribution in [2.45, 2.75) is 23.6 Å². The largest absolute Gasteiger partial charge is 0.394 e. The van der Waals surface area contributed by atoms with Crippen molar-refractivity contribution in [1.29, 1.82) is 0 Å². The number of nitrogens with one attached hydrogen (secondary N) is 1. The lowest BCUT2D eigenvalue weighted by Gasteiger charge is -2.22. The van der Waals surface area contributed by atoms with Crippen molar-refractivity contribution >= 4 is 11.6 Å². The van der Waals surface area contributed by atoms with Gasteiger partial charge in [-0.1, -0.05) is 11.6 Å². The molecule has 0 aromatic carbocycles. The number of aliphatic hydroxyl groups excluding tert-OH is 2. The summed E-state index contributed by atoms with van der Waals surface area (Å²) in [6.45, 7) is -0.659. The first kappa shape index (κ1) is 13.2. The van der Waals surface area contributed by atoms with Crippen molar-refractivity contribution in [3.05, 3.63) is 33.1 Å². The molecule has 100 valence electrons. The van der Waals surface area contributed by atoms with Gasteiger partial charge in [-0.3, -0.25) is 14.3 Å². The molecule has 7 nitrogen and oxygen atoms in total. The highest BCUT2D eigenvalue weighted by molar-refractivity contribution is 6.23. The molecule has 0 saturated carbocycles. The highest BCUT2D eigenvalue weighted by atomic mass is 35.5. The molecule has 4 atom stereocenters. The number of hydrogen-bond donors (Lipinski definition) is 3. The van der Waals surface area contributed by atoms with Gasteiger partial charge in [-0.2, -0.15) is 0 Å². The number of ether oxygens (including phenoxy) is 1. The molecule has 1 unspecified atom stereocenters. The molecule has 18 heavy (non-hydrogen) atoms. The number of nitrogens with zero attached hydrogens (tertiary/aromatic N) is 1. The Morgan fingerprint density at radius 3 is 2.78 bits per heavy atom. The average molecular weight is 281 g/mol. The highest BCUT2D eigenvalue weighted by Gasteiger charge is 2.57. The summed E-state index contributed by atoms with van der Waals surface area (Å²) in [4.78, 5) is 24.3. The van der Waals surface area contributed by atoms with Gasteiger partial charge in [0, 0.05) is 12.3 Å². The summed E-state index contributed by atoms with van der Waals surface area (Å²) >= 11 is 5.50. The maximum absolute atomic E-state index is 14.1. The van der Waals surface area contributed by atoms with Gasteiger partial charge in [-0.25, -0.2) is 9.18 Å². The van der Waals surface area contributed by atoms with E-state index in [1.54, 1.807) is 0 Å². The maximum atomic E-state index is 14.1. The topological polar surface area (TPSA) is 105 Å². The summed E-state index contributed by atoms with van der Waals surface area (Å²) in [7, 11) is 0. The molecule has 3 N–H and O–H groups in total. The van der Waals surface area contributed by atoms with E-state index in [0.29, 0.717) is 4.57 Å². The predicted molar refractivity (Wildman–Crippen MR) is 58.0 cm³/mol. The van der Waals surface area contributed by atoms with Crippen molar-refractivity contribution in [3.8, 4) is 0 Å². The number of rotatable bonds is 2. The maximum Gasteiger partial charge on any atom is 0.330 e. The first-order valence-corrected chi connectivity index (χ1v) is 5.39. The van der Waals surface area contributed by atoms with E-state index < -0.39 is 41.4 Å². The van der Waals surface area contributed by atoms with Crippen LogP contribution in [0.1, 0.15) is 6.23 Å². The Balaban J connectivity index is 2.45. The van der Waals surface area contributed by atoms with Gasteiger partial charge in [-0.15, -0.1) is 0 Å². The van der Waals surface area contributed by atoms with Crippen LogP contribution >= 0.6 is 11.6 Å². The minimum absolute atomic E-state index is 0.659. The Morgan fingerprint density at radius 1 is 1.61 bits per heavy atom. The molecule has 1 fully saturated rings. The molecule has 0 radical (unpaired) electrons. The molecule has 0 spiro atoms. The first-order chi connectivity index (χ1) is 8.37. The number of halogens is 2. The molecule has 0 aliphatic carbocycles. The van der Waals surface area contributed by atoms with E-state index in [-0.39, 0.29) is 0 Å². The zero-order chi connectivity index (χ0) is 13.5. The van der Waals surface area contributed by atoms with Gasteiger partial charge in [0.1, 0.15) is 12.2 Å². The number of aromatic nitrogens is 2. The van der Waals surface area contributed by atoms with Crippen LogP contribution in [0.25, 0.3) is 0 Å². The lowest BCUT2D eigenvalue weighted by atomic mass is 10.1. The summed E-state index contributed by atoms with van der Waals surface area (Å²) in [5.74, 6) is 0. The lowest BCUT2D eigenvalue weighted by Crippen LogP contribution is -2.41. The smallest absolute Gasteiger partial charge is 0.330 e. The van der Waals surface area contributed by atoms with Crippen LogP contribution in [0.15, 0.2) is 21.9 Å². The van der Waals surface area contributed by atoms with Crippen LogP contribution in [0.2, 0.25) is 0 Å². The molecule has 1 aliphatic heterocycles. The molecule has 2 rings (SSSR count). The fourth-order valence-electron chi connectivity index (χ4n) is 1.73. The minimum atomic E-state index is -2.78. The molecule has 9 heteroatoms. The molecular formula is C9H10ClFN2O5. The van der Waals surface area contributed by atoms with Gasteiger partial charge in [0.05, 0.1) is 6.61 Å². The normalized spacial score (nSPS) is 35.9. The number of aromatic amines is 1. The molecular weight excluding hydrogens is 271 g/mol. The molecule has 2 heterocycles. The number of alkyl halides is 2. The molecule has 0 bridgehead atoms. The Hall–Kier alpha value is -1.22. The zero-order valence-electron chi connectivity index (χ0n) is 8.92. The van der Waals surface area contributed by atoms with E-state index in [4.69, 9.17) is 21.4 Å². The highest BCUT2D eigenvalue weighted by Crippen LogP contribution is 2.43. The molecule has 0 amide bonds. The number of aliphatic hydroxyl groups is 2. The van der Waals surface area contributed by atoms with Crippen molar-refractivity contribution in [1.82, 2.24) is 9.55 Å². The molecule has 1 aromatic heterocycles. The van der Waals surface area contributed by atoms with Gasteiger partial charge >= 0.3 is 5.69 Å². The van der Waals surface area contributed by atoms with E-state index in [1.807, 2.05) is 4.98 Å². The quantitative estimate of drug-likeness (QED) is 0.584. The summed E-state index contributed by atoms with van der Waals surface area (Å²) in [6.07, 6.45) is -3.70. The fraction of sp³-hybridized carbons (Fsp3) is 0.556. The van der Waals surface area contributed by atoms with Gasteiger partial charge in [0.15, 0.2) is 6.23 Å². The molecule has 1 aromatic rings. The monoisotopic (exact) mass is 280 g/mol. The summed E-state index contributed by atoms with van der Waals surface area (Å²) < 4.78 is 19.8. The van der Waals surface area contributed by atoms with E-state index in [1.165, 1.54) is 0 Å². The van der Waals surface area contributed by atoms with Crippen LogP contribution in [0, 0.1) is 0 Å². The second-order valence-corrected chi connectivity index (χ2v) is 4.43. The van der Waals surface area contributed by atoms with Crippen molar-refractivity contribution in [3.63, 3.8) is 0 Å². The fourth-order valence-corrected chi connectivity index (χ4v) is 2.03. The van der Waals surface area contributed by atoms with Crippen LogP contribution in [-0.2, 0) is 4.74 Å². The SMILES string of the molecule is O=c1ccn([C@@H]2O[C@H](CO)C(O)[C@]2(F)Cl)c(=O)[nH]1. The summed E-state index contributed by atoms with van der Waals surface area (Å²) in [5, 5.41) is 15.6. The Morgan fingerprint density at radius 2 is 2.28 bits per heavy atom. The van der Waals surface area contributed by atoms with Gasteiger partial charge in [0.2, 0.25) is 0 Å². The Bertz CT molecular complexity index is 556. The van der Waals surface area contributed by atoms with Crippen LogP contribution in [0.5, 0.6) is 0 Å². The summed E-state index contributed by atoms with van der Waals surface area (Å²) in [6, 6.07) is 0.983. The van der Waals surface area contributed by atoms with Crippen LogP contribution in [0.4, 0.5) is 4.39 Å². The number of hydrogen-bond acceptors (Lipinski definition) is 5. The Kier molecular flexibility index (Phi) is 3.28. The first-order valence-electron chi connectivity index (χ1n) is 5.01. The van der Waals surface area contributed by atoms with E-state index in [9.17, 15) is 19.1 Å². The van der Waals surface area contributed by atoms with Crippen molar-refractivity contribution in [2.24, 2.45) is 0 Å². The lowest BCUT2D eigenvalue weighted by molar-refractivity contribution is -0.0518. The van der Waals surface area contributed by atoms with E-state index in [0.717, 1.165) is 12.3 Å². The van der Waals surface area contributed by atoms with Gasteiger partial charge in [-0.05, 0) is 0 Å². The van der Waals surface area contributed by atoms with Crippen LogP contribution < -0.4 is 11.2 Å². The number of H-pyrrole nitrogens is 1. The van der Waals surface area contributed by atoms with Crippen molar-refractivity contribution < 1.29 is 19.3 Å². The average Bonchev–Trinajstić information content (AvgIpc) is 2.52. The minimum Gasteiger partial charge on any atom is -0.394 e. The zero-order valence-corrected chi connectivity index (χ0v) is 9.67. The third-order valence-electron chi connectivity index (χ3n) is 2.66. The van der Waals surface area contributed by atoms with Crippen LogP contribution in [-0.4, -0.2) is 43.7 Å².